The molecule has 1 aliphatic rings. The minimum absolute atomic E-state index is 0.0501. The number of ether oxygens (including phenoxy) is 1. The van der Waals surface area contributed by atoms with Gasteiger partial charge in [-0.1, -0.05) is 19.1 Å². The number of amides is 1. The second-order valence-corrected chi connectivity index (χ2v) is 5.94. The molecule has 21 heavy (non-hydrogen) atoms. The van der Waals surface area contributed by atoms with Gasteiger partial charge in [0, 0.05) is 25.7 Å². The molecule has 1 aromatic carbocycles. The van der Waals surface area contributed by atoms with Gasteiger partial charge in [0.1, 0.15) is 5.75 Å². The van der Waals surface area contributed by atoms with E-state index in [4.69, 9.17) is 10.5 Å². The van der Waals surface area contributed by atoms with Gasteiger partial charge < -0.3 is 20.3 Å². The zero-order valence-corrected chi connectivity index (χ0v) is 13.1. The van der Waals surface area contributed by atoms with Crippen LogP contribution in [0, 0.1) is 5.92 Å². The van der Waals surface area contributed by atoms with Gasteiger partial charge in [-0.25, -0.2) is 0 Å². The van der Waals surface area contributed by atoms with Crippen molar-refractivity contribution in [2.45, 2.75) is 19.5 Å². The number of likely N-dealkylation sites (tertiary alicyclic amines) is 1. The fourth-order valence-corrected chi connectivity index (χ4v) is 2.78. The molecule has 5 nitrogen and oxygen atoms in total. The molecule has 1 aliphatic heterocycles. The Labute approximate surface area is 126 Å². The lowest BCUT2D eigenvalue weighted by atomic mass is 10.1. The van der Waals surface area contributed by atoms with Crippen LogP contribution in [0.4, 0.5) is 0 Å². The van der Waals surface area contributed by atoms with Gasteiger partial charge in [0.2, 0.25) is 0 Å². The van der Waals surface area contributed by atoms with E-state index in [2.05, 4.69) is 25.9 Å². The van der Waals surface area contributed by atoms with E-state index in [-0.39, 0.29) is 12.5 Å². The molecule has 1 aromatic rings. The lowest BCUT2D eigenvalue weighted by Gasteiger charge is -2.22. The van der Waals surface area contributed by atoms with E-state index in [0.29, 0.717) is 24.3 Å². The summed E-state index contributed by atoms with van der Waals surface area (Å²) in [7, 11) is 4.12. The van der Waals surface area contributed by atoms with Crippen molar-refractivity contribution in [3.05, 3.63) is 29.8 Å². The maximum absolute atomic E-state index is 12.2. The van der Waals surface area contributed by atoms with Crippen LogP contribution in [0.2, 0.25) is 0 Å². The number of benzene rings is 1. The van der Waals surface area contributed by atoms with Crippen molar-refractivity contribution < 1.29 is 9.53 Å². The van der Waals surface area contributed by atoms with Crippen LogP contribution in [0.25, 0.3) is 0 Å². The quantitative estimate of drug-likeness (QED) is 0.877. The number of nitrogens with zero attached hydrogens (tertiary/aromatic N) is 2. The van der Waals surface area contributed by atoms with Crippen LogP contribution in [0.5, 0.6) is 5.75 Å². The second kappa shape index (κ2) is 6.91. The van der Waals surface area contributed by atoms with Crippen molar-refractivity contribution in [3.8, 4) is 5.75 Å². The Morgan fingerprint density at radius 3 is 2.52 bits per heavy atom. The van der Waals surface area contributed by atoms with E-state index >= 15 is 0 Å². The number of likely N-dealkylation sites (N-methyl/N-ethyl adjacent to an activating group) is 1. The molecule has 116 valence electrons. The van der Waals surface area contributed by atoms with E-state index in [1.165, 1.54) is 0 Å². The molecule has 2 atom stereocenters. The Morgan fingerprint density at radius 2 is 2.00 bits per heavy atom. The molecule has 2 unspecified atom stereocenters. The molecular formula is C16H25N3O2. The third kappa shape index (κ3) is 3.95. The Kier molecular flexibility index (Phi) is 5.20. The van der Waals surface area contributed by atoms with Crippen LogP contribution < -0.4 is 10.5 Å². The fourth-order valence-electron chi connectivity index (χ4n) is 2.78. The third-order valence-electron chi connectivity index (χ3n) is 4.11. The lowest BCUT2D eigenvalue weighted by molar-refractivity contribution is -0.132. The molecule has 1 heterocycles. The van der Waals surface area contributed by atoms with Crippen molar-refractivity contribution >= 4 is 5.91 Å². The topological polar surface area (TPSA) is 58.8 Å². The average Bonchev–Trinajstić information content (AvgIpc) is 2.87. The standard InChI is InChI=1S/C16H25N3O2/c1-12-9-19(10-15(12)18(2)3)16(20)11-21-14-6-4-13(8-17)5-7-14/h4-7,12,15H,8-11,17H2,1-3H3. The van der Waals surface area contributed by atoms with Crippen molar-refractivity contribution in [3.63, 3.8) is 0 Å². The van der Waals surface area contributed by atoms with E-state index < -0.39 is 0 Å². The van der Waals surface area contributed by atoms with Crippen LogP contribution in [0.3, 0.4) is 0 Å². The van der Waals surface area contributed by atoms with Gasteiger partial charge in [0.05, 0.1) is 0 Å². The fraction of sp³-hybridized carbons (Fsp3) is 0.562. The number of rotatable bonds is 5. The van der Waals surface area contributed by atoms with E-state index in [1.54, 1.807) is 0 Å². The summed E-state index contributed by atoms with van der Waals surface area (Å²) in [6.07, 6.45) is 0. The monoisotopic (exact) mass is 291 g/mol. The summed E-state index contributed by atoms with van der Waals surface area (Å²) in [6, 6.07) is 7.97. The molecule has 0 aromatic heterocycles. The molecule has 1 amide bonds. The third-order valence-corrected chi connectivity index (χ3v) is 4.11. The first-order valence-electron chi connectivity index (χ1n) is 7.37. The summed E-state index contributed by atoms with van der Waals surface area (Å²) >= 11 is 0. The minimum atomic E-state index is 0.0501. The van der Waals surface area contributed by atoms with Gasteiger partial charge in [-0.05, 0) is 37.7 Å². The predicted octanol–water partition coefficient (Wildman–Crippen LogP) is 0.933. The summed E-state index contributed by atoms with van der Waals surface area (Å²) in [5.41, 5.74) is 6.60. The Balaban J connectivity index is 1.84. The minimum Gasteiger partial charge on any atom is -0.484 e. The normalized spacial score (nSPS) is 21.9. The average molecular weight is 291 g/mol. The summed E-state index contributed by atoms with van der Waals surface area (Å²) in [5, 5.41) is 0. The summed E-state index contributed by atoms with van der Waals surface area (Å²) in [6.45, 7) is 4.37. The first-order valence-corrected chi connectivity index (χ1v) is 7.37. The lowest BCUT2D eigenvalue weighted by Crippen LogP contribution is -2.37. The zero-order chi connectivity index (χ0) is 15.4. The van der Waals surface area contributed by atoms with Gasteiger partial charge in [-0.2, -0.15) is 0 Å². The molecule has 2 rings (SSSR count). The second-order valence-electron chi connectivity index (χ2n) is 5.94. The van der Waals surface area contributed by atoms with Gasteiger partial charge in [0.25, 0.3) is 5.91 Å². The molecule has 5 heteroatoms. The number of hydrogen-bond donors (Lipinski definition) is 1. The Hall–Kier alpha value is -1.59. The van der Waals surface area contributed by atoms with Crippen molar-refractivity contribution in [2.24, 2.45) is 11.7 Å². The van der Waals surface area contributed by atoms with Crippen LogP contribution >= 0.6 is 0 Å². The van der Waals surface area contributed by atoms with Crippen molar-refractivity contribution in [2.75, 3.05) is 33.8 Å². The summed E-state index contributed by atoms with van der Waals surface area (Å²) < 4.78 is 5.57. The van der Waals surface area contributed by atoms with E-state index in [1.807, 2.05) is 29.2 Å². The SMILES string of the molecule is CC1CN(C(=O)COc2ccc(CN)cc2)CC1N(C)C. The van der Waals surface area contributed by atoms with E-state index in [9.17, 15) is 4.79 Å². The van der Waals surface area contributed by atoms with Crippen molar-refractivity contribution in [1.82, 2.24) is 9.80 Å². The first kappa shape index (κ1) is 15.8. The zero-order valence-electron chi connectivity index (χ0n) is 13.1. The van der Waals surface area contributed by atoms with Crippen LogP contribution in [-0.4, -0.2) is 55.5 Å². The van der Waals surface area contributed by atoms with Crippen LogP contribution in [-0.2, 0) is 11.3 Å². The molecular weight excluding hydrogens is 266 g/mol. The smallest absolute Gasteiger partial charge is 0.260 e. The molecule has 2 N–H and O–H groups in total. The number of hydrogen-bond acceptors (Lipinski definition) is 4. The summed E-state index contributed by atoms with van der Waals surface area (Å²) in [5.74, 6) is 1.25. The highest BCUT2D eigenvalue weighted by Crippen LogP contribution is 2.20. The largest absolute Gasteiger partial charge is 0.484 e. The van der Waals surface area contributed by atoms with Gasteiger partial charge in [-0.3, -0.25) is 4.79 Å². The molecule has 0 bridgehead atoms. The molecule has 0 radical (unpaired) electrons. The number of nitrogens with two attached hydrogens (primary N) is 1. The summed E-state index contributed by atoms with van der Waals surface area (Å²) in [4.78, 5) is 16.3. The predicted molar refractivity (Wildman–Crippen MR) is 83.0 cm³/mol. The maximum atomic E-state index is 12.2. The highest BCUT2D eigenvalue weighted by atomic mass is 16.5. The molecule has 0 spiro atoms. The van der Waals surface area contributed by atoms with Gasteiger partial charge in [0.15, 0.2) is 6.61 Å². The first-order chi connectivity index (χ1) is 10.0. The van der Waals surface area contributed by atoms with Gasteiger partial charge in [-0.15, -0.1) is 0 Å². The Morgan fingerprint density at radius 1 is 1.33 bits per heavy atom. The van der Waals surface area contributed by atoms with E-state index in [0.717, 1.165) is 18.7 Å². The molecule has 1 saturated heterocycles. The van der Waals surface area contributed by atoms with Crippen molar-refractivity contribution in [1.29, 1.82) is 0 Å². The van der Waals surface area contributed by atoms with Crippen LogP contribution in [0.15, 0.2) is 24.3 Å². The number of carbonyl (C=O) groups excluding carboxylic acids is 1. The highest BCUT2D eigenvalue weighted by Gasteiger charge is 2.33. The van der Waals surface area contributed by atoms with Crippen LogP contribution in [0.1, 0.15) is 12.5 Å². The highest BCUT2D eigenvalue weighted by molar-refractivity contribution is 5.78. The molecule has 1 fully saturated rings. The van der Waals surface area contributed by atoms with Gasteiger partial charge >= 0.3 is 0 Å². The maximum Gasteiger partial charge on any atom is 0.260 e. The number of carbonyl (C=O) groups is 1. The molecule has 0 aliphatic carbocycles. The Bertz CT molecular complexity index is 473. The molecule has 0 saturated carbocycles.